The van der Waals surface area contributed by atoms with E-state index in [1.807, 2.05) is 6.92 Å². The quantitative estimate of drug-likeness (QED) is 0.738. The second-order valence-electron chi connectivity index (χ2n) is 6.17. The van der Waals surface area contributed by atoms with Gasteiger partial charge in [0.1, 0.15) is 17.5 Å². The van der Waals surface area contributed by atoms with Gasteiger partial charge in [0.15, 0.2) is 0 Å². The first kappa shape index (κ1) is 13.6. The summed E-state index contributed by atoms with van der Waals surface area (Å²) in [6.07, 6.45) is 7.35. The van der Waals surface area contributed by atoms with Gasteiger partial charge in [0.2, 0.25) is 0 Å². The Morgan fingerprint density at radius 3 is 2.60 bits per heavy atom. The van der Waals surface area contributed by atoms with Crippen LogP contribution in [0.4, 0.5) is 11.6 Å². The fraction of sp³-hybridized carbons (Fsp3) is 0.733. The fourth-order valence-electron chi connectivity index (χ4n) is 2.85. The number of hydrogen-bond acceptors (Lipinski definition) is 5. The molecular formula is C15H24N4O. The largest absolute Gasteiger partial charge is 0.391 e. The minimum atomic E-state index is -0.294. The van der Waals surface area contributed by atoms with E-state index in [2.05, 4.69) is 15.3 Å². The smallest absolute Gasteiger partial charge is 0.136 e. The summed E-state index contributed by atoms with van der Waals surface area (Å²) in [4.78, 5) is 9.03. The highest BCUT2D eigenvalue weighted by Gasteiger charge is 2.29. The average Bonchev–Trinajstić information content (AvgIpc) is 3.25. The minimum absolute atomic E-state index is 0.0811. The number of anilines is 2. The molecule has 2 atom stereocenters. The Morgan fingerprint density at radius 1 is 1.10 bits per heavy atom. The number of nitrogens with zero attached hydrogens (tertiary/aromatic N) is 2. The number of nitrogens with two attached hydrogens (primary N) is 1. The van der Waals surface area contributed by atoms with Crippen LogP contribution in [0, 0.1) is 6.92 Å². The Balaban J connectivity index is 1.81. The molecule has 0 radical (unpaired) electrons. The van der Waals surface area contributed by atoms with Gasteiger partial charge in [-0.2, -0.15) is 0 Å². The summed E-state index contributed by atoms with van der Waals surface area (Å²) in [6, 6.07) is 0.0811. The van der Waals surface area contributed by atoms with Gasteiger partial charge in [0.05, 0.1) is 12.1 Å². The molecule has 0 aromatic carbocycles. The van der Waals surface area contributed by atoms with Gasteiger partial charge in [-0.1, -0.05) is 19.3 Å². The van der Waals surface area contributed by atoms with Crippen molar-refractivity contribution in [3.63, 3.8) is 0 Å². The molecule has 2 saturated carbocycles. The minimum Gasteiger partial charge on any atom is -0.391 e. The molecule has 1 aromatic rings. The molecule has 2 fully saturated rings. The first-order valence-electron chi connectivity index (χ1n) is 7.73. The maximum Gasteiger partial charge on any atom is 0.136 e. The number of aliphatic hydroxyl groups is 1. The van der Waals surface area contributed by atoms with Crippen molar-refractivity contribution in [1.29, 1.82) is 0 Å². The average molecular weight is 276 g/mol. The molecule has 0 aliphatic heterocycles. The molecule has 1 heterocycles. The van der Waals surface area contributed by atoms with E-state index in [9.17, 15) is 5.11 Å². The monoisotopic (exact) mass is 276 g/mol. The third-order valence-corrected chi connectivity index (χ3v) is 4.44. The SMILES string of the molecule is Cc1c(N)nc(C2CC2)nc1NC1CCCCCC1O. The number of nitrogens with one attached hydrogen (secondary N) is 1. The summed E-state index contributed by atoms with van der Waals surface area (Å²) < 4.78 is 0. The first-order valence-corrected chi connectivity index (χ1v) is 7.73. The maximum atomic E-state index is 10.2. The summed E-state index contributed by atoms with van der Waals surface area (Å²) in [6.45, 7) is 1.94. The number of aromatic nitrogens is 2. The number of hydrogen-bond donors (Lipinski definition) is 3. The fourth-order valence-corrected chi connectivity index (χ4v) is 2.85. The molecule has 110 valence electrons. The molecule has 2 aliphatic rings. The van der Waals surface area contributed by atoms with Crippen molar-refractivity contribution in [1.82, 2.24) is 9.97 Å². The Morgan fingerprint density at radius 2 is 1.85 bits per heavy atom. The topological polar surface area (TPSA) is 84.1 Å². The van der Waals surface area contributed by atoms with E-state index in [1.54, 1.807) is 0 Å². The van der Waals surface area contributed by atoms with Crippen molar-refractivity contribution in [3.05, 3.63) is 11.4 Å². The van der Waals surface area contributed by atoms with Gasteiger partial charge < -0.3 is 16.2 Å². The zero-order chi connectivity index (χ0) is 14.1. The molecule has 0 saturated heterocycles. The molecule has 0 amide bonds. The van der Waals surface area contributed by atoms with E-state index in [1.165, 1.54) is 6.42 Å². The lowest BCUT2D eigenvalue weighted by Crippen LogP contribution is -2.33. The van der Waals surface area contributed by atoms with Crippen LogP contribution in [0.25, 0.3) is 0 Å². The van der Waals surface area contributed by atoms with Crippen molar-refractivity contribution in [2.45, 2.75) is 69.9 Å². The molecule has 2 aliphatic carbocycles. The standard InChI is InChI=1S/C15H24N4O/c1-9-13(16)18-15(10-7-8-10)19-14(9)17-11-5-3-2-4-6-12(11)20/h10-12,20H,2-8H2,1H3,(H3,16,17,18,19). The van der Waals surface area contributed by atoms with E-state index in [-0.39, 0.29) is 12.1 Å². The van der Waals surface area contributed by atoms with E-state index in [0.717, 1.165) is 55.7 Å². The highest BCUT2D eigenvalue weighted by Crippen LogP contribution is 2.39. The van der Waals surface area contributed by atoms with Crippen LogP contribution in [0.3, 0.4) is 0 Å². The van der Waals surface area contributed by atoms with E-state index in [0.29, 0.717) is 11.7 Å². The summed E-state index contributed by atoms with van der Waals surface area (Å²) in [7, 11) is 0. The molecule has 20 heavy (non-hydrogen) atoms. The van der Waals surface area contributed by atoms with Crippen LogP contribution in [0.15, 0.2) is 0 Å². The molecule has 2 unspecified atom stereocenters. The summed E-state index contributed by atoms with van der Waals surface area (Å²) in [5.41, 5.74) is 6.90. The number of aliphatic hydroxyl groups excluding tert-OH is 1. The lowest BCUT2D eigenvalue weighted by molar-refractivity contribution is 0.144. The maximum absolute atomic E-state index is 10.2. The summed E-state index contributed by atoms with van der Waals surface area (Å²) in [5.74, 6) is 2.72. The Hall–Kier alpha value is -1.36. The van der Waals surface area contributed by atoms with Crippen molar-refractivity contribution in [2.24, 2.45) is 0 Å². The van der Waals surface area contributed by atoms with Gasteiger partial charge in [0.25, 0.3) is 0 Å². The highest BCUT2D eigenvalue weighted by atomic mass is 16.3. The van der Waals surface area contributed by atoms with Crippen molar-refractivity contribution < 1.29 is 5.11 Å². The van der Waals surface area contributed by atoms with Crippen LogP contribution in [0.1, 0.15) is 62.3 Å². The van der Waals surface area contributed by atoms with Crippen LogP contribution >= 0.6 is 0 Å². The number of rotatable bonds is 3. The molecule has 5 nitrogen and oxygen atoms in total. The van der Waals surface area contributed by atoms with Gasteiger partial charge >= 0.3 is 0 Å². The highest BCUT2D eigenvalue weighted by molar-refractivity contribution is 5.55. The van der Waals surface area contributed by atoms with E-state index >= 15 is 0 Å². The predicted molar refractivity (Wildman–Crippen MR) is 79.7 cm³/mol. The van der Waals surface area contributed by atoms with Crippen LogP contribution in [0.5, 0.6) is 0 Å². The molecule has 0 bridgehead atoms. The zero-order valence-corrected chi connectivity index (χ0v) is 12.1. The summed E-state index contributed by atoms with van der Waals surface area (Å²) >= 11 is 0. The normalized spacial score (nSPS) is 27.1. The summed E-state index contributed by atoms with van der Waals surface area (Å²) in [5, 5.41) is 13.6. The second-order valence-corrected chi connectivity index (χ2v) is 6.17. The van der Waals surface area contributed by atoms with Gasteiger partial charge in [-0.3, -0.25) is 0 Å². The molecular weight excluding hydrogens is 252 g/mol. The van der Waals surface area contributed by atoms with Crippen molar-refractivity contribution in [3.8, 4) is 0 Å². The molecule has 3 rings (SSSR count). The second kappa shape index (κ2) is 5.56. The lowest BCUT2D eigenvalue weighted by Gasteiger charge is -2.23. The van der Waals surface area contributed by atoms with E-state index < -0.39 is 0 Å². The van der Waals surface area contributed by atoms with Crippen LogP contribution in [-0.2, 0) is 0 Å². The number of nitrogen functional groups attached to an aromatic ring is 1. The predicted octanol–water partition coefficient (Wildman–Crippen LogP) is 2.35. The third kappa shape index (κ3) is 2.87. The zero-order valence-electron chi connectivity index (χ0n) is 12.1. The van der Waals surface area contributed by atoms with Gasteiger partial charge in [-0.25, -0.2) is 9.97 Å². The molecule has 5 heteroatoms. The first-order chi connectivity index (χ1) is 9.65. The Bertz CT molecular complexity index is 487. The van der Waals surface area contributed by atoms with Crippen LogP contribution < -0.4 is 11.1 Å². The molecule has 1 aromatic heterocycles. The van der Waals surface area contributed by atoms with E-state index in [4.69, 9.17) is 5.73 Å². The van der Waals surface area contributed by atoms with Gasteiger partial charge in [0, 0.05) is 11.5 Å². The van der Waals surface area contributed by atoms with Crippen LogP contribution in [0.2, 0.25) is 0 Å². The van der Waals surface area contributed by atoms with Gasteiger partial charge in [-0.15, -0.1) is 0 Å². The Labute approximate surface area is 120 Å². The van der Waals surface area contributed by atoms with Crippen molar-refractivity contribution in [2.75, 3.05) is 11.1 Å². The third-order valence-electron chi connectivity index (χ3n) is 4.44. The molecule has 0 spiro atoms. The van der Waals surface area contributed by atoms with Gasteiger partial charge in [-0.05, 0) is 32.6 Å². The molecule has 4 N–H and O–H groups in total. The Kier molecular flexibility index (Phi) is 3.78. The van der Waals surface area contributed by atoms with Crippen LogP contribution in [-0.4, -0.2) is 27.2 Å². The lowest BCUT2D eigenvalue weighted by atomic mass is 10.1. The van der Waals surface area contributed by atoms with Crippen molar-refractivity contribution >= 4 is 11.6 Å².